The number of ether oxygens (including phenoxy) is 3. The number of methoxy groups -OCH3 is 2. The Labute approximate surface area is 205 Å². The minimum atomic E-state index is 0.643. The van der Waals surface area contributed by atoms with Crippen molar-refractivity contribution in [3.05, 3.63) is 53.9 Å². The Morgan fingerprint density at radius 3 is 2.74 bits per heavy atom. The third-order valence-electron chi connectivity index (χ3n) is 6.67. The molecule has 184 valence electrons. The Balaban J connectivity index is 1.50. The van der Waals surface area contributed by atoms with Crippen LogP contribution >= 0.6 is 0 Å². The highest BCUT2D eigenvalue weighted by Gasteiger charge is 2.20. The zero-order valence-corrected chi connectivity index (χ0v) is 20.7. The van der Waals surface area contributed by atoms with Crippen LogP contribution < -0.4 is 14.4 Å². The van der Waals surface area contributed by atoms with E-state index in [1.54, 1.807) is 20.5 Å². The van der Waals surface area contributed by atoms with Crippen LogP contribution in [0.25, 0.3) is 21.9 Å². The van der Waals surface area contributed by atoms with Crippen molar-refractivity contribution in [2.24, 2.45) is 0 Å². The van der Waals surface area contributed by atoms with Crippen LogP contribution in [0.4, 0.5) is 5.82 Å². The van der Waals surface area contributed by atoms with Crippen molar-refractivity contribution in [1.29, 1.82) is 0 Å². The van der Waals surface area contributed by atoms with Crippen molar-refractivity contribution in [3.63, 3.8) is 0 Å². The second kappa shape index (κ2) is 10.5. The molecule has 5 rings (SSSR count). The maximum Gasteiger partial charge on any atom is 0.165 e. The van der Waals surface area contributed by atoms with E-state index < -0.39 is 0 Å². The molecular weight excluding hydrogens is 442 g/mol. The number of aromatic amines is 1. The summed E-state index contributed by atoms with van der Waals surface area (Å²) in [7, 11) is 3.36. The van der Waals surface area contributed by atoms with Gasteiger partial charge in [0.25, 0.3) is 0 Å². The van der Waals surface area contributed by atoms with E-state index in [0.29, 0.717) is 6.54 Å². The lowest BCUT2D eigenvalue weighted by Crippen LogP contribution is -2.38. The number of aromatic nitrogens is 3. The Morgan fingerprint density at radius 1 is 1.09 bits per heavy atom. The average molecular weight is 476 g/mol. The molecule has 8 heteroatoms. The van der Waals surface area contributed by atoms with Gasteiger partial charge in [0, 0.05) is 49.2 Å². The number of nitrogens with zero attached hydrogens (tertiary/aromatic N) is 4. The van der Waals surface area contributed by atoms with E-state index in [4.69, 9.17) is 19.2 Å². The summed E-state index contributed by atoms with van der Waals surface area (Å²) in [6.07, 6.45) is 2.68. The van der Waals surface area contributed by atoms with Gasteiger partial charge >= 0.3 is 0 Å². The molecule has 0 aliphatic carbocycles. The molecule has 3 heterocycles. The maximum atomic E-state index is 5.74. The van der Waals surface area contributed by atoms with Gasteiger partial charge in [0.2, 0.25) is 0 Å². The average Bonchev–Trinajstić information content (AvgIpc) is 3.26. The number of para-hydroxylation sites is 1. The van der Waals surface area contributed by atoms with Gasteiger partial charge in [0.15, 0.2) is 17.3 Å². The predicted molar refractivity (Wildman–Crippen MR) is 139 cm³/mol. The van der Waals surface area contributed by atoms with Crippen LogP contribution in [0.1, 0.15) is 17.5 Å². The fraction of sp³-hybridized carbons (Fsp3) is 0.407. The lowest BCUT2D eigenvalue weighted by atomic mass is 10.1. The van der Waals surface area contributed by atoms with Gasteiger partial charge in [0.05, 0.1) is 27.4 Å². The first-order valence-corrected chi connectivity index (χ1v) is 12.2. The Bertz CT molecular complexity index is 1300. The molecule has 1 aliphatic rings. The second-order valence-corrected chi connectivity index (χ2v) is 8.98. The molecular formula is C27H33N5O3. The van der Waals surface area contributed by atoms with Gasteiger partial charge in [-0.2, -0.15) is 0 Å². The Hall–Kier alpha value is -3.36. The van der Waals surface area contributed by atoms with Crippen LogP contribution in [0.5, 0.6) is 11.5 Å². The standard InChI is InChI=1S/C27H33N5O3/c1-19-8-9-22-21(16-19)24-25(30-22)27(29-18-28-24)32(11-5-10-31-12-14-35-15-13-31)17-20-6-4-7-23(33-2)26(20)34-3/h4,6-9,16,18,30H,5,10-15,17H2,1-3H3. The van der Waals surface area contributed by atoms with E-state index in [9.17, 15) is 0 Å². The molecule has 0 saturated carbocycles. The lowest BCUT2D eigenvalue weighted by Gasteiger charge is -2.29. The molecule has 4 aromatic rings. The Morgan fingerprint density at radius 2 is 1.94 bits per heavy atom. The zero-order chi connectivity index (χ0) is 24.2. The van der Waals surface area contributed by atoms with E-state index >= 15 is 0 Å². The smallest absolute Gasteiger partial charge is 0.165 e. The first-order chi connectivity index (χ1) is 17.2. The third-order valence-corrected chi connectivity index (χ3v) is 6.67. The number of benzene rings is 2. The number of aryl methyl sites for hydroxylation is 1. The monoisotopic (exact) mass is 475 g/mol. The van der Waals surface area contributed by atoms with Crippen molar-refractivity contribution < 1.29 is 14.2 Å². The number of anilines is 1. The quantitative estimate of drug-likeness (QED) is 0.389. The topological polar surface area (TPSA) is 75.7 Å². The molecule has 2 aromatic heterocycles. The third kappa shape index (κ3) is 4.90. The van der Waals surface area contributed by atoms with Crippen molar-refractivity contribution >= 4 is 27.8 Å². The highest BCUT2D eigenvalue weighted by atomic mass is 16.5. The van der Waals surface area contributed by atoms with Gasteiger partial charge in [-0.05, 0) is 31.5 Å². The number of fused-ring (bicyclic) bond motifs is 3. The van der Waals surface area contributed by atoms with Gasteiger partial charge in [-0.25, -0.2) is 9.97 Å². The van der Waals surface area contributed by atoms with Gasteiger partial charge in [-0.1, -0.05) is 23.8 Å². The fourth-order valence-electron chi connectivity index (χ4n) is 4.89. The fourth-order valence-corrected chi connectivity index (χ4v) is 4.89. The van der Waals surface area contributed by atoms with E-state index in [-0.39, 0.29) is 0 Å². The molecule has 35 heavy (non-hydrogen) atoms. The molecule has 0 bridgehead atoms. The number of nitrogens with one attached hydrogen (secondary N) is 1. The number of hydrogen-bond acceptors (Lipinski definition) is 7. The summed E-state index contributed by atoms with van der Waals surface area (Å²) in [6, 6.07) is 12.4. The second-order valence-electron chi connectivity index (χ2n) is 8.98. The molecule has 1 saturated heterocycles. The summed E-state index contributed by atoms with van der Waals surface area (Å²) in [5.41, 5.74) is 5.24. The van der Waals surface area contributed by atoms with Crippen LogP contribution in [0, 0.1) is 6.92 Å². The molecule has 2 aromatic carbocycles. The van der Waals surface area contributed by atoms with Crippen molar-refractivity contribution in [2.45, 2.75) is 19.9 Å². The summed E-state index contributed by atoms with van der Waals surface area (Å²) < 4.78 is 16.8. The van der Waals surface area contributed by atoms with Crippen LogP contribution in [-0.4, -0.2) is 73.5 Å². The lowest BCUT2D eigenvalue weighted by molar-refractivity contribution is 0.0376. The minimum absolute atomic E-state index is 0.643. The number of morpholine rings is 1. The highest BCUT2D eigenvalue weighted by Crippen LogP contribution is 2.34. The maximum absolute atomic E-state index is 5.74. The van der Waals surface area contributed by atoms with Gasteiger partial charge in [-0.3, -0.25) is 4.90 Å². The van der Waals surface area contributed by atoms with Crippen LogP contribution in [0.3, 0.4) is 0 Å². The molecule has 1 fully saturated rings. The van der Waals surface area contributed by atoms with Crippen molar-refractivity contribution in [2.75, 3.05) is 58.5 Å². The van der Waals surface area contributed by atoms with Crippen LogP contribution in [0.2, 0.25) is 0 Å². The van der Waals surface area contributed by atoms with Crippen molar-refractivity contribution in [1.82, 2.24) is 19.9 Å². The molecule has 1 N–H and O–H groups in total. The summed E-state index contributed by atoms with van der Waals surface area (Å²) in [5.74, 6) is 2.38. The largest absolute Gasteiger partial charge is 0.493 e. The predicted octanol–water partition coefficient (Wildman–Crippen LogP) is 4.17. The normalized spacial score (nSPS) is 14.5. The summed E-state index contributed by atoms with van der Waals surface area (Å²) in [6.45, 7) is 8.22. The number of hydrogen-bond donors (Lipinski definition) is 1. The SMILES string of the molecule is COc1cccc(CN(CCCN2CCOCC2)c2ncnc3c2[nH]c2ccc(C)cc23)c1OC. The van der Waals surface area contributed by atoms with Crippen molar-refractivity contribution in [3.8, 4) is 11.5 Å². The number of rotatable bonds is 9. The molecule has 8 nitrogen and oxygen atoms in total. The Kier molecular flexibility index (Phi) is 7.01. The van der Waals surface area contributed by atoms with Crippen LogP contribution in [-0.2, 0) is 11.3 Å². The summed E-state index contributed by atoms with van der Waals surface area (Å²) in [5, 5.41) is 1.12. The first-order valence-electron chi connectivity index (χ1n) is 12.2. The van der Waals surface area contributed by atoms with Gasteiger partial charge in [-0.15, -0.1) is 0 Å². The number of H-pyrrole nitrogens is 1. The van der Waals surface area contributed by atoms with E-state index in [2.05, 4.69) is 51.0 Å². The first kappa shape index (κ1) is 23.4. The van der Waals surface area contributed by atoms with E-state index in [1.165, 1.54) is 5.56 Å². The summed E-state index contributed by atoms with van der Waals surface area (Å²) in [4.78, 5) is 17.8. The minimum Gasteiger partial charge on any atom is -0.493 e. The zero-order valence-electron chi connectivity index (χ0n) is 20.7. The molecule has 0 atom stereocenters. The molecule has 0 unspecified atom stereocenters. The van der Waals surface area contributed by atoms with E-state index in [1.807, 2.05) is 12.1 Å². The van der Waals surface area contributed by atoms with Gasteiger partial charge < -0.3 is 24.1 Å². The highest BCUT2D eigenvalue weighted by molar-refractivity contribution is 6.08. The van der Waals surface area contributed by atoms with Gasteiger partial charge in [0.1, 0.15) is 17.4 Å². The van der Waals surface area contributed by atoms with E-state index in [0.717, 1.165) is 90.6 Å². The molecule has 1 aliphatic heterocycles. The molecule has 0 radical (unpaired) electrons. The summed E-state index contributed by atoms with van der Waals surface area (Å²) >= 11 is 0. The molecule has 0 spiro atoms. The molecule has 0 amide bonds. The van der Waals surface area contributed by atoms with Crippen LogP contribution in [0.15, 0.2) is 42.7 Å².